The summed E-state index contributed by atoms with van der Waals surface area (Å²) < 4.78 is 5.18. The van der Waals surface area contributed by atoms with Gasteiger partial charge in [-0.25, -0.2) is 0 Å². The monoisotopic (exact) mass is 345 g/mol. The number of nitrogens with one attached hydrogen (secondary N) is 1. The Morgan fingerprint density at radius 2 is 2.12 bits per heavy atom. The summed E-state index contributed by atoms with van der Waals surface area (Å²) in [6.07, 6.45) is 3.17. The number of likely N-dealkylation sites (N-methyl/N-ethyl adjacent to an activating group) is 1. The van der Waals surface area contributed by atoms with E-state index in [1.54, 1.807) is 23.2 Å². The van der Waals surface area contributed by atoms with Crippen molar-refractivity contribution >= 4 is 17.7 Å². The molecule has 3 rings (SSSR count). The lowest BCUT2D eigenvalue weighted by Crippen LogP contribution is -2.49. The van der Waals surface area contributed by atoms with Gasteiger partial charge in [0.1, 0.15) is 0 Å². The Kier molecular flexibility index (Phi) is 5.44. The molecule has 2 aromatic heterocycles. The standard InChI is InChI=1S/C16H23N7O2/c1-21(2)6-5-17-16-19-14(12-18-20-16)22-7-9-23(10-8-22)15(24)13-4-3-11-25-13/h3-4,11-12H,5-10H2,1-2H3,(H,17,19,20). The highest BCUT2D eigenvalue weighted by molar-refractivity contribution is 5.91. The summed E-state index contributed by atoms with van der Waals surface area (Å²) in [7, 11) is 4.03. The van der Waals surface area contributed by atoms with Crippen molar-refractivity contribution in [3.05, 3.63) is 30.4 Å². The molecule has 1 aliphatic rings. The zero-order valence-corrected chi connectivity index (χ0v) is 14.6. The van der Waals surface area contributed by atoms with Crippen molar-refractivity contribution < 1.29 is 9.21 Å². The Balaban J connectivity index is 1.55. The largest absolute Gasteiger partial charge is 0.459 e. The van der Waals surface area contributed by atoms with Crippen LogP contribution in [0, 0.1) is 0 Å². The molecule has 0 saturated carbocycles. The molecule has 9 nitrogen and oxygen atoms in total. The molecule has 0 aromatic carbocycles. The van der Waals surface area contributed by atoms with Crippen LogP contribution in [0.1, 0.15) is 10.6 Å². The summed E-state index contributed by atoms with van der Waals surface area (Å²) in [5.74, 6) is 1.60. The molecule has 0 spiro atoms. The SMILES string of the molecule is CN(C)CCNc1nncc(N2CCN(C(=O)c3ccco3)CC2)n1. The molecule has 2 aromatic rings. The Hall–Kier alpha value is -2.68. The van der Waals surface area contributed by atoms with Crippen LogP contribution in [-0.2, 0) is 0 Å². The molecule has 25 heavy (non-hydrogen) atoms. The highest BCUT2D eigenvalue weighted by Gasteiger charge is 2.24. The average molecular weight is 345 g/mol. The number of hydrogen-bond acceptors (Lipinski definition) is 8. The molecule has 1 fully saturated rings. The molecule has 1 saturated heterocycles. The second-order valence-electron chi connectivity index (χ2n) is 6.12. The van der Waals surface area contributed by atoms with Crippen molar-refractivity contribution in [2.75, 3.05) is 63.6 Å². The lowest BCUT2D eigenvalue weighted by atomic mass is 10.3. The summed E-state index contributed by atoms with van der Waals surface area (Å²) in [6, 6.07) is 3.41. The summed E-state index contributed by atoms with van der Waals surface area (Å²) in [6.45, 7) is 4.27. The molecule has 0 radical (unpaired) electrons. The minimum atomic E-state index is -0.0727. The number of amides is 1. The van der Waals surface area contributed by atoms with Crippen LogP contribution < -0.4 is 10.2 Å². The fourth-order valence-electron chi connectivity index (χ4n) is 2.61. The van der Waals surface area contributed by atoms with Crippen molar-refractivity contribution in [2.45, 2.75) is 0 Å². The van der Waals surface area contributed by atoms with Gasteiger partial charge >= 0.3 is 0 Å². The minimum Gasteiger partial charge on any atom is -0.459 e. The van der Waals surface area contributed by atoms with Gasteiger partial charge in [0, 0.05) is 39.3 Å². The highest BCUT2D eigenvalue weighted by atomic mass is 16.3. The second kappa shape index (κ2) is 7.93. The fourth-order valence-corrected chi connectivity index (χ4v) is 2.61. The zero-order chi connectivity index (χ0) is 17.6. The van der Waals surface area contributed by atoms with E-state index in [-0.39, 0.29) is 5.91 Å². The van der Waals surface area contributed by atoms with Crippen molar-refractivity contribution in [3.8, 4) is 0 Å². The van der Waals surface area contributed by atoms with E-state index in [4.69, 9.17) is 4.42 Å². The number of carbonyl (C=O) groups excluding carboxylic acids is 1. The smallest absolute Gasteiger partial charge is 0.289 e. The molecular weight excluding hydrogens is 322 g/mol. The highest BCUT2D eigenvalue weighted by Crippen LogP contribution is 2.15. The van der Waals surface area contributed by atoms with Crippen LogP contribution in [-0.4, -0.2) is 84.3 Å². The molecule has 0 aliphatic carbocycles. The number of nitrogens with zero attached hydrogens (tertiary/aromatic N) is 6. The third-order valence-corrected chi connectivity index (χ3v) is 4.01. The maximum absolute atomic E-state index is 12.3. The molecular formula is C16H23N7O2. The molecule has 9 heteroatoms. The van der Waals surface area contributed by atoms with E-state index in [9.17, 15) is 4.79 Å². The number of aromatic nitrogens is 3. The summed E-state index contributed by atoms with van der Waals surface area (Å²) in [4.78, 5) is 22.8. The Morgan fingerprint density at radius 1 is 1.32 bits per heavy atom. The van der Waals surface area contributed by atoms with Gasteiger partial charge in [0.2, 0.25) is 5.95 Å². The van der Waals surface area contributed by atoms with Crippen molar-refractivity contribution in [2.24, 2.45) is 0 Å². The first kappa shape index (κ1) is 17.2. The number of carbonyl (C=O) groups is 1. The van der Waals surface area contributed by atoms with Gasteiger partial charge in [-0.1, -0.05) is 0 Å². The first-order chi connectivity index (χ1) is 12.1. The van der Waals surface area contributed by atoms with Gasteiger partial charge < -0.3 is 24.4 Å². The van der Waals surface area contributed by atoms with Gasteiger partial charge in [-0.15, -0.1) is 5.10 Å². The van der Waals surface area contributed by atoms with E-state index in [0.717, 1.165) is 18.9 Å². The molecule has 0 bridgehead atoms. The van der Waals surface area contributed by atoms with E-state index in [1.165, 1.54) is 6.26 Å². The number of furan rings is 1. The number of rotatable bonds is 6. The van der Waals surface area contributed by atoms with E-state index in [2.05, 4.69) is 30.3 Å². The van der Waals surface area contributed by atoms with Gasteiger partial charge in [0.15, 0.2) is 11.6 Å². The normalized spacial score (nSPS) is 14.8. The maximum atomic E-state index is 12.3. The summed E-state index contributed by atoms with van der Waals surface area (Å²) in [5.41, 5.74) is 0. The predicted molar refractivity (Wildman–Crippen MR) is 93.7 cm³/mol. The molecule has 1 aliphatic heterocycles. The summed E-state index contributed by atoms with van der Waals surface area (Å²) in [5, 5.41) is 11.2. The van der Waals surface area contributed by atoms with Crippen LogP contribution in [0.15, 0.2) is 29.0 Å². The average Bonchev–Trinajstić information content (AvgIpc) is 3.16. The molecule has 0 unspecified atom stereocenters. The molecule has 1 N–H and O–H groups in total. The first-order valence-corrected chi connectivity index (χ1v) is 8.29. The van der Waals surface area contributed by atoms with Gasteiger partial charge in [0.25, 0.3) is 5.91 Å². The van der Waals surface area contributed by atoms with E-state index in [0.29, 0.717) is 37.9 Å². The quantitative estimate of drug-likeness (QED) is 0.805. The van der Waals surface area contributed by atoms with Crippen LogP contribution in [0.3, 0.4) is 0 Å². The Morgan fingerprint density at radius 3 is 2.80 bits per heavy atom. The van der Waals surface area contributed by atoms with Gasteiger partial charge in [-0.2, -0.15) is 10.1 Å². The van der Waals surface area contributed by atoms with Crippen LogP contribution in [0.4, 0.5) is 11.8 Å². The topological polar surface area (TPSA) is 90.6 Å². The van der Waals surface area contributed by atoms with Crippen LogP contribution in [0.2, 0.25) is 0 Å². The minimum absolute atomic E-state index is 0.0727. The van der Waals surface area contributed by atoms with Crippen molar-refractivity contribution in [1.29, 1.82) is 0 Å². The third kappa shape index (κ3) is 4.44. The Labute approximate surface area is 146 Å². The van der Waals surface area contributed by atoms with Crippen LogP contribution in [0.5, 0.6) is 0 Å². The third-order valence-electron chi connectivity index (χ3n) is 4.01. The zero-order valence-electron chi connectivity index (χ0n) is 14.6. The van der Waals surface area contributed by atoms with E-state index in [1.807, 2.05) is 14.1 Å². The molecule has 134 valence electrons. The number of hydrogen-bond donors (Lipinski definition) is 1. The van der Waals surface area contributed by atoms with E-state index < -0.39 is 0 Å². The van der Waals surface area contributed by atoms with Gasteiger partial charge in [0.05, 0.1) is 12.5 Å². The van der Waals surface area contributed by atoms with Crippen molar-refractivity contribution in [1.82, 2.24) is 25.0 Å². The van der Waals surface area contributed by atoms with Crippen molar-refractivity contribution in [3.63, 3.8) is 0 Å². The second-order valence-corrected chi connectivity index (χ2v) is 6.12. The molecule has 3 heterocycles. The number of piperazine rings is 1. The fraction of sp³-hybridized carbons (Fsp3) is 0.500. The summed E-state index contributed by atoms with van der Waals surface area (Å²) >= 11 is 0. The lowest BCUT2D eigenvalue weighted by Gasteiger charge is -2.34. The predicted octanol–water partition coefficient (Wildman–Crippen LogP) is 0.401. The molecule has 0 atom stereocenters. The number of anilines is 2. The van der Waals surface area contributed by atoms with E-state index >= 15 is 0 Å². The first-order valence-electron chi connectivity index (χ1n) is 8.29. The maximum Gasteiger partial charge on any atom is 0.289 e. The molecule has 1 amide bonds. The van der Waals surface area contributed by atoms with Gasteiger partial charge in [-0.3, -0.25) is 4.79 Å². The lowest BCUT2D eigenvalue weighted by molar-refractivity contribution is 0.0714. The van der Waals surface area contributed by atoms with Crippen LogP contribution in [0.25, 0.3) is 0 Å². The van der Waals surface area contributed by atoms with Gasteiger partial charge in [-0.05, 0) is 26.2 Å². The Bertz CT molecular complexity index is 682. The van der Waals surface area contributed by atoms with Crippen LogP contribution >= 0.6 is 0 Å².